The lowest BCUT2D eigenvalue weighted by Crippen LogP contribution is -2.45. The normalized spacial score (nSPS) is 19.6. The van der Waals surface area contributed by atoms with Crippen LogP contribution in [0.25, 0.3) is 0 Å². The minimum absolute atomic E-state index is 0.215. The maximum atomic E-state index is 11.8. The molecule has 1 aliphatic rings. The number of urea groups is 1. The lowest BCUT2D eigenvalue weighted by molar-refractivity contribution is 0.137. The van der Waals surface area contributed by atoms with Gasteiger partial charge in [-0.05, 0) is 50.2 Å². The zero-order valence-electron chi connectivity index (χ0n) is 13.4. The third-order valence-corrected chi connectivity index (χ3v) is 5.12. The van der Waals surface area contributed by atoms with E-state index in [0.717, 1.165) is 19.0 Å². The second kappa shape index (κ2) is 8.50. The fourth-order valence-electron chi connectivity index (χ4n) is 2.72. The molecule has 22 heavy (non-hydrogen) atoms. The van der Waals surface area contributed by atoms with E-state index in [9.17, 15) is 9.90 Å². The Morgan fingerprint density at radius 2 is 2.09 bits per heavy atom. The fraction of sp³-hybridized carbons (Fsp3) is 0.688. The van der Waals surface area contributed by atoms with Gasteiger partial charge in [0.25, 0.3) is 0 Å². The molecule has 0 aromatic carbocycles. The third kappa shape index (κ3) is 5.26. The van der Waals surface area contributed by atoms with Gasteiger partial charge in [-0.1, -0.05) is 13.0 Å². The van der Waals surface area contributed by atoms with Crippen molar-refractivity contribution in [2.75, 3.05) is 26.2 Å². The van der Waals surface area contributed by atoms with E-state index < -0.39 is 6.10 Å². The molecule has 2 rings (SSSR count). The highest BCUT2D eigenvalue weighted by molar-refractivity contribution is 7.10. The van der Waals surface area contributed by atoms with Crippen LogP contribution < -0.4 is 10.6 Å². The number of aliphatic hydroxyl groups excluding tert-OH is 1. The second-order valence-electron chi connectivity index (χ2n) is 6.19. The van der Waals surface area contributed by atoms with E-state index in [1.54, 1.807) is 18.3 Å². The first-order chi connectivity index (χ1) is 10.6. The average molecular weight is 325 g/mol. The van der Waals surface area contributed by atoms with E-state index in [2.05, 4.69) is 40.0 Å². The van der Waals surface area contributed by atoms with Crippen LogP contribution in [0.15, 0.2) is 17.5 Å². The molecular formula is C16H27N3O2S. The summed E-state index contributed by atoms with van der Waals surface area (Å²) in [7, 11) is 0. The van der Waals surface area contributed by atoms with Crippen molar-refractivity contribution >= 4 is 17.4 Å². The van der Waals surface area contributed by atoms with E-state index >= 15 is 0 Å². The molecule has 5 nitrogen and oxygen atoms in total. The highest BCUT2D eigenvalue weighted by atomic mass is 32.1. The summed E-state index contributed by atoms with van der Waals surface area (Å²) in [6, 6.07) is 4.23. The van der Waals surface area contributed by atoms with Gasteiger partial charge in [0.05, 0.1) is 12.1 Å². The van der Waals surface area contributed by atoms with Crippen LogP contribution in [0.1, 0.15) is 37.6 Å². The van der Waals surface area contributed by atoms with E-state index in [1.165, 1.54) is 17.7 Å². The van der Waals surface area contributed by atoms with Crippen LogP contribution in [0, 0.1) is 5.92 Å². The number of likely N-dealkylation sites (tertiary alicyclic amines) is 1. The van der Waals surface area contributed by atoms with Gasteiger partial charge in [0.15, 0.2) is 0 Å². The first-order valence-corrected chi connectivity index (χ1v) is 8.91. The second-order valence-corrected chi connectivity index (χ2v) is 7.17. The molecule has 1 aromatic rings. The van der Waals surface area contributed by atoms with Gasteiger partial charge in [-0.2, -0.15) is 0 Å². The number of rotatable bonds is 6. The molecule has 1 aliphatic heterocycles. The molecule has 6 heteroatoms. The maximum absolute atomic E-state index is 11.8. The van der Waals surface area contributed by atoms with Gasteiger partial charge in [0, 0.05) is 18.0 Å². The van der Waals surface area contributed by atoms with Crippen LogP contribution >= 0.6 is 11.3 Å². The van der Waals surface area contributed by atoms with Gasteiger partial charge in [-0.3, -0.25) is 4.90 Å². The Morgan fingerprint density at radius 1 is 1.41 bits per heavy atom. The van der Waals surface area contributed by atoms with Crippen molar-refractivity contribution in [2.45, 2.75) is 38.8 Å². The molecule has 2 heterocycles. The Morgan fingerprint density at radius 3 is 2.68 bits per heavy atom. The Labute approximate surface area is 136 Å². The summed E-state index contributed by atoms with van der Waals surface area (Å²) in [6.07, 6.45) is 1.91. The number of thiophene rings is 1. The molecule has 1 aromatic heterocycles. The van der Waals surface area contributed by atoms with Gasteiger partial charge in [-0.15, -0.1) is 11.3 Å². The van der Waals surface area contributed by atoms with E-state index in [0.29, 0.717) is 6.54 Å². The Balaban J connectivity index is 1.90. The van der Waals surface area contributed by atoms with Gasteiger partial charge in [0.1, 0.15) is 0 Å². The number of nitrogens with zero attached hydrogens (tertiary/aromatic N) is 1. The minimum Gasteiger partial charge on any atom is -0.392 e. The largest absolute Gasteiger partial charge is 0.392 e. The van der Waals surface area contributed by atoms with Crippen LogP contribution in [-0.2, 0) is 0 Å². The van der Waals surface area contributed by atoms with Crippen molar-refractivity contribution in [1.29, 1.82) is 0 Å². The molecular weight excluding hydrogens is 298 g/mol. The molecule has 1 fully saturated rings. The van der Waals surface area contributed by atoms with Gasteiger partial charge < -0.3 is 15.7 Å². The summed E-state index contributed by atoms with van der Waals surface area (Å²) in [5.74, 6) is 0.794. The molecule has 124 valence electrons. The molecule has 3 N–H and O–H groups in total. The average Bonchev–Trinajstić information content (AvgIpc) is 3.01. The predicted octanol–water partition coefficient (Wildman–Crippen LogP) is 2.20. The summed E-state index contributed by atoms with van der Waals surface area (Å²) < 4.78 is 0. The van der Waals surface area contributed by atoms with Crippen LogP contribution in [0.5, 0.6) is 0 Å². The van der Waals surface area contributed by atoms with Gasteiger partial charge in [0.2, 0.25) is 0 Å². The number of piperidine rings is 1. The van der Waals surface area contributed by atoms with E-state index in [1.807, 2.05) is 0 Å². The van der Waals surface area contributed by atoms with Crippen LogP contribution in [0.2, 0.25) is 0 Å². The molecule has 0 unspecified atom stereocenters. The molecule has 0 aliphatic carbocycles. The number of hydrogen-bond donors (Lipinski definition) is 3. The zero-order chi connectivity index (χ0) is 15.9. The van der Waals surface area contributed by atoms with Crippen molar-refractivity contribution in [3.8, 4) is 0 Å². The van der Waals surface area contributed by atoms with Crippen LogP contribution in [-0.4, -0.2) is 48.3 Å². The van der Waals surface area contributed by atoms with Crippen molar-refractivity contribution in [3.63, 3.8) is 0 Å². The highest BCUT2D eigenvalue weighted by Crippen LogP contribution is 2.28. The van der Waals surface area contributed by atoms with E-state index in [-0.39, 0.29) is 18.6 Å². The number of hydrogen-bond acceptors (Lipinski definition) is 4. The van der Waals surface area contributed by atoms with E-state index in [4.69, 9.17) is 0 Å². The predicted molar refractivity (Wildman–Crippen MR) is 90.1 cm³/mol. The third-order valence-electron chi connectivity index (χ3n) is 4.14. The monoisotopic (exact) mass is 325 g/mol. The standard InChI is InChI=1S/C16H27N3O2S/c1-12-5-7-19(8-6-12)14(15-4-3-9-22-15)11-18-16(21)17-10-13(2)20/h3-4,9,12-14,20H,5-8,10-11H2,1-2H3,(H2,17,18,21)/t13-,14-/m0/s1. The summed E-state index contributed by atoms with van der Waals surface area (Å²) >= 11 is 1.74. The Kier molecular flexibility index (Phi) is 6.67. The molecule has 1 saturated heterocycles. The smallest absolute Gasteiger partial charge is 0.314 e. The maximum Gasteiger partial charge on any atom is 0.314 e. The summed E-state index contributed by atoms with van der Waals surface area (Å²) in [4.78, 5) is 15.6. The van der Waals surface area contributed by atoms with Crippen LogP contribution in [0.3, 0.4) is 0 Å². The Hall–Kier alpha value is -1.11. The molecule has 2 amide bonds. The first-order valence-electron chi connectivity index (χ1n) is 8.03. The quantitative estimate of drug-likeness (QED) is 0.751. The SMILES string of the molecule is CC1CCN([C@@H](CNC(=O)NC[C@H](C)O)c2cccs2)CC1. The number of nitrogens with one attached hydrogen (secondary N) is 2. The topological polar surface area (TPSA) is 64.6 Å². The highest BCUT2D eigenvalue weighted by Gasteiger charge is 2.25. The molecule has 0 spiro atoms. The zero-order valence-corrected chi connectivity index (χ0v) is 14.2. The molecule has 0 saturated carbocycles. The number of carbonyl (C=O) groups excluding carboxylic acids is 1. The fourth-order valence-corrected chi connectivity index (χ4v) is 3.58. The minimum atomic E-state index is -0.526. The van der Waals surface area contributed by atoms with Crippen molar-refractivity contribution < 1.29 is 9.90 Å². The first kappa shape index (κ1) is 17.2. The summed E-state index contributed by atoms with van der Waals surface area (Å²) in [5.41, 5.74) is 0. The lowest BCUT2D eigenvalue weighted by atomic mass is 9.97. The van der Waals surface area contributed by atoms with Crippen molar-refractivity contribution in [1.82, 2.24) is 15.5 Å². The van der Waals surface area contributed by atoms with Gasteiger partial charge in [-0.25, -0.2) is 4.79 Å². The van der Waals surface area contributed by atoms with Crippen molar-refractivity contribution in [2.24, 2.45) is 5.92 Å². The molecule has 2 atom stereocenters. The molecule has 0 radical (unpaired) electrons. The summed E-state index contributed by atoms with van der Waals surface area (Å²) in [5, 5.41) is 16.9. The van der Waals surface area contributed by atoms with Crippen molar-refractivity contribution in [3.05, 3.63) is 22.4 Å². The van der Waals surface area contributed by atoms with Gasteiger partial charge >= 0.3 is 6.03 Å². The number of carbonyl (C=O) groups is 1. The number of amides is 2. The molecule has 0 bridgehead atoms. The van der Waals surface area contributed by atoms with Crippen LogP contribution in [0.4, 0.5) is 4.79 Å². The lowest BCUT2D eigenvalue weighted by Gasteiger charge is -2.36. The summed E-state index contributed by atoms with van der Waals surface area (Å²) in [6.45, 7) is 7.00. The number of aliphatic hydroxyl groups is 1. The Bertz CT molecular complexity index is 442.